The van der Waals surface area contributed by atoms with Gasteiger partial charge in [0.2, 0.25) is 0 Å². The van der Waals surface area contributed by atoms with Crippen molar-refractivity contribution in [3.05, 3.63) is 34.1 Å². The van der Waals surface area contributed by atoms with Gasteiger partial charge in [-0.15, -0.1) is 0 Å². The zero-order valence-electron chi connectivity index (χ0n) is 11.1. The van der Waals surface area contributed by atoms with Crippen molar-refractivity contribution in [1.82, 2.24) is 4.90 Å². The monoisotopic (exact) mass is 281 g/mol. The second-order valence-electron chi connectivity index (χ2n) is 5.04. The summed E-state index contributed by atoms with van der Waals surface area (Å²) in [6.45, 7) is 3.26. The van der Waals surface area contributed by atoms with E-state index < -0.39 is 16.8 Å². The second-order valence-corrected chi connectivity index (χ2v) is 5.04. The van der Waals surface area contributed by atoms with Crippen LogP contribution in [0.4, 0.5) is 20.6 Å². The number of nitro groups is 1. The van der Waals surface area contributed by atoms with Gasteiger partial charge in [-0.25, -0.2) is 9.18 Å². The van der Waals surface area contributed by atoms with E-state index in [1.807, 2.05) is 6.92 Å². The smallest absolute Gasteiger partial charge is 0.322 e. The molecule has 0 saturated carbocycles. The number of urea groups is 1. The van der Waals surface area contributed by atoms with Crippen molar-refractivity contribution in [2.45, 2.75) is 19.8 Å². The molecule has 2 amide bonds. The highest BCUT2D eigenvalue weighted by molar-refractivity contribution is 5.91. The molecule has 0 bridgehead atoms. The van der Waals surface area contributed by atoms with Crippen LogP contribution in [-0.4, -0.2) is 28.9 Å². The van der Waals surface area contributed by atoms with Crippen molar-refractivity contribution < 1.29 is 14.1 Å². The number of nitro benzene ring substituents is 1. The van der Waals surface area contributed by atoms with Crippen LogP contribution in [0.25, 0.3) is 0 Å². The molecule has 1 aliphatic heterocycles. The lowest BCUT2D eigenvalue weighted by Crippen LogP contribution is -2.41. The van der Waals surface area contributed by atoms with Crippen molar-refractivity contribution in [3.63, 3.8) is 0 Å². The molecule has 1 aromatic carbocycles. The van der Waals surface area contributed by atoms with Gasteiger partial charge in [0, 0.05) is 25.2 Å². The topological polar surface area (TPSA) is 75.5 Å². The number of nitrogens with one attached hydrogen (secondary N) is 1. The molecule has 20 heavy (non-hydrogen) atoms. The van der Waals surface area contributed by atoms with Crippen LogP contribution < -0.4 is 5.32 Å². The van der Waals surface area contributed by atoms with E-state index >= 15 is 0 Å². The highest BCUT2D eigenvalue weighted by Gasteiger charge is 2.23. The number of hydrogen-bond donors (Lipinski definition) is 1. The Labute approximate surface area is 115 Å². The summed E-state index contributed by atoms with van der Waals surface area (Å²) in [4.78, 5) is 23.9. The third-order valence-electron chi connectivity index (χ3n) is 3.34. The highest BCUT2D eigenvalue weighted by atomic mass is 19.1. The van der Waals surface area contributed by atoms with Crippen molar-refractivity contribution in [2.75, 3.05) is 18.4 Å². The maximum absolute atomic E-state index is 13.2. The number of likely N-dealkylation sites (tertiary alicyclic amines) is 1. The Balaban J connectivity index is 2.14. The fourth-order valence-electron chi connectivity index (χ4n) is 2.34. The molecule has 1 aromatic rings. The minimum Gasteiger partial charge on any atom is -0.324 e. The third kappa shape index (κ3) is 3.23. The normalized spacial score (nSPS) is 18.7. The fourth-order valence-corrected chi connectivity index (χ4v) is 2.34. The van der Waals surface area contributed by atoms with Gasteiger partial charge in [0.25, 0.3) is 5.69 Å². The number of halogens is 1. The molecule has 0 spiro atoms. The van der Waals surface area contributed by atoms with E-state index in [9.17, 15) is 19.3 Å². The molecule has 2 rings (SSSR count). The molecular formula is C13H16FN3O3. The Bertz CT molecular complexity index is 536. The lowest BCUT2D eigenvalue weighted by molar-refractivity contribution is -0.384. The van der Waals surface area contributed by atoms with Crippen molar-refractivity contribution in [3.8, 4) is 0 Å². The number of nitrogens with zero attached hydrogens (tertiary/aromatic N) is 2. The van der Waals surface area contributed by atoms with Crippen LogP contribution in [-0.2, 0) is 0 Å². The molecule has 1 saturated heterocycles. The summed E-state index contributed by atoms with van der Waals surface area (Å²) in [5.74, 6) is -0.227. The predicted octanol–water partition coefficient (Wildman–Crippen LogP) is 3.00. The van der Waals surface area contributed by atoms with Crippen LogP contribution in [0, 0.1) is 21.8 Å². The Kier molecular flexibility index (Phi) is 4.16. The summed E-state index contributed by atoms with van der Waals surface area (Å²) in [5.41, 5.74) is -0.428. The van der Waals surface area contributed by atoms with E-state index in [4.69, 9.17) is 0 Å². The minimum atomic E-state index is -0.645. The predicted molar refractivity (Wildman–Crippen MR) is 72.0 cm³/mol. The molecule has 1 aliphatic rings. The number of piperidine rings is 1. The molecule has 108 valence electrons. The van der Waals surface area contributed by atoms with E-state index in [1.54, 1.807) is 4.90 Å². The summed E-state index contributed by atoms with van der Waals surface area (Å²) in [6, 6.07) is 2.58. The molecule has 0 aromatic heterocycles. The van der Waals surface area contributed by atoms with Gasteiger partial charge in [0.05, 0.1) is 4.92 Å². The first-order chi connectivity index (χ1) is 9.47. The van der Waals surface area contributed by atoms with Crippen LogP contribution in [0.5, 0.6) is 0 Å². The van der Waals surface area contributed by atoms with Gasteiger partial charge in [-0.1, -0.05) is 6.92 Å². The van der Waals surface area contributed by atoms with Crippen LogP contribution in [0.1, 0.15) is 19.8 Å². The molecular weight excluding hydrogens is 265 g/mol. The van der Waals surface area contributed by atoms with E-state index in [2.05, 4.69) is 5.32 Å². The van der Waals surface area contributed by atoms with E-state index in [0.717, 1.165) is 31.0 Å². The number of carbonyl (C=O) groups excluding carboxylic acids is 1. The number of anilines is 1. The van der Waals surface area contributed by atoms with Gasteiger partial charge in [-0.05, 0) is 24.8 Å². The number of amides is 2. The molecule has 1 heterocycles. The molecule has 6 nitrogen and oxygen atoms in total. The van der Waals surface area contributed by atoms with Gasteiger partial charge >= 0.3 is 6.03 Å². The number of benzene rings is 1. The minimum absolute atomic E-state index is 0.113. The van der Waals surface area contributed by atoms with Gasteiger partial charge in [-0.2, -0.15) is 0 Å². The molecule has 1 atom stereocenters. The Hall–Kier alpha value is -2.18. The summed E-state index contributed by atoms with van der Waals surface area (Å²) in [6.07, 6.45) is 1.96. The van der Waals surface area contributed by atoms with E-state index in [0.29, 0.717) is 19.0 Å². The average molecular weight is 281 g/mol. The third-order valence-corrected chi connectivity index (χ3v) is 3.34. The quantitative estimate of drug-likeness (QED) is 0.668. The molecule has 1 N–H and O–H groups in total. The SMILES string of the molecule is CC1CCCN(C(=O)Nc2cc(F)ccc2[N+](=O)[O-])C1. The molecule has 7 heteroatoms. The van der Waals surface area contributed by atoms with Crippen molar-refractivity contribution in [2.24, 2.45) is 5.92 Å². The molecule has 1 fully saturated rings. The fraction of sp³-hybridized carbons (Fsp3) is 0.462. The summed E-state index contributed by atoms with van der Waals surface area (Å²) < 4.78 is 13.2. The second kappa shape index (κ2) is 5.85. The van der Waals surface area contributed by atoms with Crippen LogP contribution >= 0.6 is 0 Å². The van der Waals surface area contributed by atoms with Crippen molar-refractivity contribution >= 4 is 17.4 Å². The highest BCUT2D eigenvalue weighted by Crippen LogP contribution is 2.26. The van der Waals surface area contributed by atoms with Gasteiger partial charge in [-0.3, -0.25) is 10.1 Å². The van der Waals surface area contributed by atoms with Gasteiger partial charge < -0.3 is 10.2 Å². The largest absolute Gasteiger partial charge is 0.324 e. The average Bonchev–Trinajstić information content (AvgIpc) is 2.38. The molecule has 1 unspecified atom stereocenters. The molecule has 0 radical (unpaired) electrons. The Morgan fingerprint density at radius 1 is 1.55 bits per heavy atom. The maximum atomic E-state index is 13.2. The Morgan fingerprint density at radius 3 is 2.95 bits per heavy atom. The van der Waals surface area contributed by atoms with Gasteiger partial charge in [0.1, 0.15) is 11.5 Å². The zero-order chi connectivity index (χ0) is 14.7. The summed E-state index contributed by atoms with van der Waals surface area (Å²) in [7, 11) is 0. The lowest BCUT2D eigenvalue weighted by Gasteiger charge is -2.30. The number of rotatable bonds is 2. The van der Waals surface area contributed by atoms with Crippen LogP contribution in [0.15, 0.2) is 18.2 Å². The Morgan fingerprint density at radius 2 is 2.30 bits per heavy atom. The first-order valence-corrected chi connectivity index (χ1v) is 6.47. The summed E-state index contributed by atoms with van der Waals surface area (Å²) >= 11 is 0. The zero-order valence-corrected chi connectivity index (χ0v) is 11.1. The first-order valence-electron chi connectivity index (χ1n) is 6.47. The van der Waals surface area contributed by atoms with Gasteiger partial charge in [0.15, 0.2) is 0 Å². The first kappa shape index (κ1) is 14.2. The number of hydrogen-bond acceptors (Lipinski definition) is 3. The summed E-state index contributed by atoms with van der Waals surface area (Å²) in [5, 5.41) is 13.3. The van der Waals surface area contributed by atoms with E-state index in [1.165, 1.54) is 0 Å². The van der Waals surface area contributed by atoms with Crippen LogP contribution in [0.2, 0.25) is 0 Å². The van der Waals surface area contributed by atoms with Crippen molar-refractivity contribution in [1.29, 1.82) is 0 Å². The lowest BCUT2D eigenvalue weighted by atomic mass is 10.0. The number of carbonyl (C=O) groups is 1. The standard InChI is InChI=1S/C13H16FN3O3/c1-9-3-2-6-16(8-9)13(18)15-11-7-10(14)4-5-12(11)17(19)20/h4-5,7,9H,2-3,6,8H2,1H3,(H,15,18). The molecule has 0 aliphatic carbocycles. The maximum Gasteiger partial charge on any atom is 0.322 e. The van der Waals surface area contributed by atoms with Crippen LogP contribution in [0.3, 0.4) is 0 Å². The van der Waals surface area contributed by atoms with E-state index in [-0.39, 0.29) is 11.4 Å².